The van der Waals surface area contributed by atoms with Crippen LogP contribution < -0.4 is 0 Å². The van der Waals surface area contributed by atoms with Gasteiger partial charge in [-0.3, -0.25) is 5.10 Å². The number of hydrogen-bond acceptors (Lipinski definition) is 5. The van der Waals surface area contributed by atoms with Crippen molar-refractivity contribution in [1.29, 1.82) is 0 Å². The van der Waals surface area contributed by atoms with Gasteiger partial charge in [0.05, 0.1) is 11.3 Å². The maximum absolute atomic E-state index is 13.7. The first-order valence-electron chi connectivity index (χ1n) is 6.37. The first-order valence-corrected chi connectivity index (χ1v) is 7.35. The molecule has 7 heteroatoms. The first kappa shape index (κ1) is 13.8. The number of aromatic amines is 1. The second-order valence-corrected chi connectivity index (χ2v) is 5.48. The normalized spacial score (nSPS) is 11.0. The van der Waals surface area contributed by atoms with Crippen LogP contribution in [0.15, 0.2) is 33.9 Å². The summed E-state index contributed by atoms with van der Waals surface area (Å²) in [5.74, 6) is 1.56. The summed E-state index contributed by atoms with van der Waals surface area (Å²) in [6.45, 7) is 3.77. The lowest BCUT2D eigenvalue weighted by Gasteiger charge is -1.97. The van der Waals surface area contributed by atoms with Crippen LogP contribution in [0.5, 0.6) is 0 Å². The highest BCUT2D eigenvalue weighted by Gasteiger charge is 2.13. The smallest absolute Gasteiger partial charge is 0.209 e. The number of aryl methyl sites for hydroxylation is 2. The Morgan fingerprint density at radius 2 is 2.10 bits per heavy atom. The van der Waals surface area contributed by atoms with Crippen molar-refractivity contribution in [3.05, 3.63) is 47.1 Å². The molecular formula is C14H13FN4OS. The molecule has 0 unspecified atom stereocenters. The Kier molecular flexibility index (Phi) is 3.74. The van der Waals surface area contributed by atoms with Gasteiger partial charge in [-0.2, -0.15) is 0 Å². The van der Waals surface area contributed by atoms with Gasteiger partial charge < -0.3 is 4.52 Å². The number of aromatic nitrogens is 4. The fraction of sp³-hybridized carbons (Fsp3) is 0.214. The highest BCUT2D eigenvalue weighted by atomic mass is 32.2. The van der Waals surface area contributed by atoms with E-state index in [-0.39, 0.29) is 5.82 Å². The number of H-pyrrole nitrogens is 1. The van der Waals surface area contributed by atoms with Crippen LogP contribution >= 0.6 is 11.8 Å². The van der Waals surface area contributed by atoms with E-state index in [4.69, 9.17) is 4.52 Å². The zero-order chi connectivity index (χ0) is 14.8. The molecule has 0 atom stereocenters. The average molecular weight is 304 g/mol. The summed E-state index contributed by atoms with van der Waals surface area (Å²) in [7, 11) is 0. The largest absolute Gasteiger partial charge is 0.361 e. The van der Waals surface area contributed by atoms with Gasteiger partial charge in [0.15, 0.2) is 5.82 Å². The zero-order valence-electron chi connectivity index (χ0n) is 11.6. The van der Waals surface area contributed by atoms with Crippen molar-refractivity contribution >= 4 is 11.8 Å². The second kappa shape index (κ2) is 5.69. The van der Waals surface area contributed by atoms with Crippen LogP contribution in [0.2, 0.25) is 0 Å². The lowest BCUT2D eigenvalue weighted by molar-refractivity contribution is 0.392. The van der Waals surface area contributed by atoms with E-state index < -0.39 is 0 Å². The quantitative estimate of drug-likeness (QED) is 0.747. The molecule has 0 aliphatic rings. The summed E-state index contributed by atoms with van der Waals surface area (Å²) in [5.41, 5.74) is 2.32. The maximum Gasteiger partial charge on any atom is 0.209 e. The number of nitrogens with zero attached hydrogens (tertiary/aromatic N) is 3. The zero-order valence-corrected chi connectivity index (χ0v) is 12.4. The summed E-state index contributed by atoms with van der Waals surface area (Å²) in [4.78, 5) is 4.31. The van der Waals surface area contributed by atoms with Gasteiger partial charge in [-0.1, -0.05) is 29.1 Å². The molecule has 0 saturated carbocycles. The Morgan fingerprint density at radius 3 is 2.81 bits per heavy atom. The van der Waals surface area contributed by atoms with Gasteiger partial charge in [0.25, 0.3) is 0 Å². The number of hydrogen-bond donors (Lipinski definition) is 1. The van der Waals surface area contributed by atoms with Gasteiger partial charge in [-0.15, -0.1) is 5.10 Å². The van der Waals surface area contributed by atoms with Crippen LogP contribution in [0.25, 0.3) is 11.4 Å². The number of nitrogens with one attached hydrogen (secondary N) is 1. The van der Waals surface area contributed by atoms with Gasteiger partial charge in [0, 0.05) is 11.3 Å². The van der Waals surface area contributed by atoms with Gasteiger partial charge in [-0.25, -0.2) is 9.37 Å². The van der Waals surface area contributed by atoms with Gasteiger partial charge >= 0.3 is 0 Å². The van der Waals surface area contributed by atoms with E-state index in [1.54, 1.807) is 18.2 Å². The van der Waals surface area contributed by atoms with E-state index in [9.17, 15) is 4.39 Å². The molecule has 3 rings (SSSR count). The average Bonchev–Trinajstić information content (AvgIpc) is 3.05. The summed E-state index contributed by atoms with van der Waals surface area (Å²) < 4.78 is 18.8. The molecule has 0 aliphatic heterocycles. The second-order valence-electron chi connectivity index (χ2n) is 4.54. The fourth-order valence-electron chi connectivity index (χ4n) is 1.93. The Balaban J connectivity index is 1.76. The van der Waals surface area contributed by atoms with Gasteiger partial charge in [0.2, 0.25) is 5.16 Å². The summed E-state index contributed by atoms with van der Waals surface area (Å²) in [5, 5.41) is 11.3. The molecule has 1 N–H and O–H groups in total. The third kappa shape index (κ3) is 2.82. The monoisotopic (exact) mass is 304 g/mol. The van der Waals surface area contributed by atoms with Crippen LogP contribution in [-0.2, 0) is 5.75 Å². The van der Waals surface area contributed by atoms with Crippen LogP contribution in [-0.4, -0.2) is 20.3 Å². The Labute approximate surface area is 125 Å². The minimum atomic E-state index is -0.323. The minimum Gasteiger partial charge on any atom is -0.361 e. The summed E-state index contributed by atoms with van der Waals surface area (Å²) >= 11 is 1.45. The van der Waals surface area contributed by atoms with Crippen molar-refractivity contribution in [3.63, 3.8) is 0 Å². The third-order valence-electron chi connectivity index (χ3n) is 3.12. The van der Waals surface area contributed by atoms with Crippen molar-refractivity contribution in [3.8, 4) is 11.4 Å². The molecule has 0 spiro atoms. The molecule has 3 aromatic rings. The van der Waals surface area contributed by atoms with E-state index in [2.05, 4.69) is 20.3 Å². The molecule has 1 aromatic carbocycles. The topological polar surface area (TPSA) is 67.6 Å². The minimum absolute atomic E-state index is 0.323. The Bertz CT molecular complexity index is 748. The number of benzene rings is 1. The Hall–Kier alpha value is -2.15. The lowest BCUT2D eigenvalue weighted by Crippen LogP contribution is -1.86. The SMILES string of the molecule is Cc1noc(C)c1CSc1n[nH]c(-c2ccccc2F)n1. The molecule has 2 heterocycles. The van der Waals surface area contributed by atoms with E-state index in [0.717, 1.165) is 17.0 Å². The molecular weight excluding hydrogens is 291 g/mol. The van der Waals surface area contributed by atoms with Crippen LogP contribution in [0.1, 0.15) is 17.0 Å². The van der Waals surface area contributed by atoms with Crippen molar-refractivity contribution < 1.29 is 8.91 Å². The molecule has 0 bridgehead atoms. The van der Waals surface area contributed by atoms with Gasteiger partial charge in [0.1, 0.15) is 11.6 Å². The fourth-order valence-corrected chi connectivity index (χ4v) is 2.88. The summed E-state index contributed by atoms with van der Waals surface area (Å²) in [6.07, 6.45) is 0. The van der Waals surface area contributed by atoms with E-state index in [1.165, 1.54) is 17.8 Å². The molecule has 0 saturated heterocycles. The molecule has 0 radical (unpaired) electrons. The van der Waals surface area contributed by atoms with Crippen LogP contribution in [0, 0.1) is 19.7 Å². The van der Waals surface area contributed by atoms with Gasteiger partial charge in [-0.05, 0) is 26.0 Å². The maximum atomic E-state index is 13.7. The first-order chi connectivity index (χ1) is 10.1. The van der Waals surface area contributed by atoms with E-state index >= 15 is 0 Å². The van der Waals surface area contributed by atoms with Crippen molar-refractivity contribution in [2.75, 3.05) is 0 Å². The van der Waals surface area contributed by atoms with Crippen LogP contribution in [0.3, 0.4) is 0 Å². The van der Waals surface area contributed by atoms with Crippen LogP contribution in [0.4, 0.5) is 4.39 Å². The highest BCUT2D eigenvalue weighted by molar-refractivity contribution is 7.98. The van der Waals surface area contributed by atoms with Crippen molar-refractivity contribution in [2.45, 2.75) is 24.8 Å². The lowest BCUT2D eigenvalue weighted by atomic mass is 10.2. The predicted octanol–water partition coefficient (Wildman–Crippen LogP) is 3.51. The van der Waals surface area contributed by atoms with E-state index in [1.807, 2.05) is 13.8 Å². The molecule has 0 aliphatic carbocycles. The molecule has 0 fully saturated rings. The number of halogens is 1. The highest BCUT2D eigenvalue weighted by Crippen LogP contribution is 2.26. The van der Waals surface area contributed by atoms with E-state index in [0.29, 0.717) is 22.3 Å². The molecule has 108 valence electrons. The molecule has 2 aromatic heterocycles. The molecule has 5 nitrogen and oxygen atoms in total. The standard InChI is InChI=1S/C14H13FN4OS/c1-8-11(9(2)20-19-8)7-21-14-16-13(17-18-14)10-5-3-4-6-12(10)15/h3-6H,7H2,1-2H3,(H,16,17,18). The number of thioether (sulfide) groups is 1. The van der Waals surface area contributed by atoms with Crippen molar-refractivity contribution in [1.82, 2.24) is 20.3 Å². The number of rotatable bonds is 4. The molecule has 0 amide bonds. The predicted molar refractivity (Wildman–Crippen MR) is 77.3 cm³/mol. The van der Waals surface area contributed by atoms with Crippen molar-refractivity contribution in [2.24, 2.45) is 0 Å². The summed E-state index contributed by atoms with van der Waals surface area (Å²) in [6, 6.07) is 6.47. The third-order valence-corrected chi connectivity index (χ3v) is 3.99. The Morgan fingerprint density at radius 1 is 1.29 bits per heavy atom. The molecule has 21 heavy (non-hydrogen) atoms.